The molecule has 1 aromatic carbocycles. The van der Waals surface area contributed by atoms with Gasteiger partial charge >= 0.3 is 5.97 Å². The van der Waals surface area contributed by atoms with Crippen molar-refractivity contribution in [3.63, 3.8) is 0 Å². The van der Waals surface area contributed by atoms with E-state index >= 15 is 0 Å². The second kappa shape index (κ2) is 6.36. The fraction of sp³-hybridized carbons (Fsp3) is 0.500. The van der Waals surface area contributed by atoms with Crippen LogP contribution in [0.3, 0.4) is 0 Å². The molecular formula is C18H22N4O2. The van der Waals surface area contributed by atoms with E-state index in [0.29, 0.717) is 18.5 Å². The number of aromatic nitrogens is 3. The van der Waals surface area contributed by atoms with Crippen LogP contribution in [0, 0.1) is 5.92 Å². The summed E-state index contributed by atoms with van der Waals surface area (Å²) in [5, 5.41) is 18.5. The number of carboxylic acid groups (broad SMARTS) is 1. The zero-order valence-electron chi connectivity index (χ0n) is 13.6. The molecule has 6 heteroatoms. The Kier molecular flexibility index (Phi) is 4.06. The highest BCUT2D eigenvalue weighted by molar-refractivity contribution is 5.74. The van der Waals surface area contributed by atoms with Gasteiger partial charge in [-0.1, -0.05) is 31.0 Å². The minimum atomic E-state index is -0.708. The van der Waals surface area contributed by atoms with E-state index < -0.39 is 5.97 Å². The molecule has 1 aromatic heterocycles. The number of fused-ring (bicyclic) bond motifs is 1. The Morgan fingerprint density at radius 1 is 1.21 bits per heavy atom. The second-order valence-electron chi connectivity index (χ2n) is 6.83. The summed E-state index contributed by atoms with van der Waals surface area (Å²) in [6, 6.07) is 9.76. The van der Waals surface area contributed by atoms with Crippen molar-refractivity contribution in [1.82, 2.24) is 19.9 Å². The molecule has 6 nitrogen and oxygen atoms in total. The number of hydrogen-bond donors (Lipinski definition) is 1. The summed E-state index contributed by atoms with van der Waals surface area (Å²) in [6.07, 6.45) is 7.20. The highest BCUT2D eigenvalue weighted by atomic mass is 16.4. The average molecular weight is 326 g/mol. The van der Waals surface area contributed by atoms with Crippen LogP contribution in [-0.4, -0.2) is 43.1 Å². The number of carbonyl (C=O) groups is 1. The Balaban J connectivity index is 1.55. The molecule has 1 aliphatic carbocycles. The van der Waals surface area contributed by atoms with Gasteiger partial charge in [0.1, 0.15) is 6.04 Å². The molecule has 1 N–H and O–H groups in total. The smallest absolute Gasteiger partial charge is 0.320 e. The minimum absolute atomic E-state index is 0.377. The first kappa shape index (κ1) is 15.3. The second-order valence-corrected chi connectivity index (χ2v) is 6.83. The molecule has 4 rings (SSSR count). The van der Waals surface area contributed by atoms with Crippen LogP contribution in [0.2, 0.25) is 0 Å². The molecule has 24 heavy (non-hydrogen) atoms. The maximum Gasteiger partial charge on any atom is 0.320 e. The van der Waals surface area contributed by atoms with Gasteiger partial charge in [-0.25, -0.2) is 0 Å². The van der Waals surface area contributed by atoms with Crippen LogP contribution in [0.5, 0.6) is 0 Å². The van der Waals surface area contributed by atoms with Crippen LogP contribution < -0.4 is 0 Å². The van der Waals surface area contributed by atoms with Gasteiger partial charge in [-0.2, -0.15) is 15.0 Å². The third kappa shape index (κ3) is 2.82. The molecule has 2 aliphatic rings. The first-order valence-electron chi connectivity index (χ1n) is 8.67. The van der Waals surface area contributed by atoms with Gasteiger partial charge in [-0.15, -0.1) is 0 Å². The van der Waals surface area contributed by atoms with Gasteiger partial charge in [-0.05, 0) is 37.3 Å². The quantitative estimate of drug-likeness (QED) is 0.934. The molecule has 1 saturated heterocycles. The van der Waals surface area contributed by atoms with E-state index in [1.54, 1.807) is 11.0 Å². The standard InChI is InChI=1S/C18H22N4O2/c23-18(24)17-10-13-6-4-5-9-16(13)21(17)12-14-11-19-22(20-14)15-7-2-1-3-8-15/h1-3,7-8,11,13,16-17H,4-6,9-10,12H2,(H,23,24)/t13-,16+,17+/m1/s1. The third-order valence-electron chi connectivity index (χ3n) is 5.38. The van der Waals surface area contributed by atoms with E-state index in [1.807, 2.05) is 30.3 Å². The summed E-state index contributed by atoms with van der Waals surface area (Å²) in [5.41, 5.74) is 1.74. The van der Waals surface area contributed by atoms with Gasteiger partial charge in [0.25, 0.3) is 0 Å². The molecular weight excluding hydrogens is 304 g/mol. The first-order chi connectivity index (χ1) is 11.7. The van der Waals surface area contributed by atoms with Gasteiger partial charge in [0.05, 0.1) is 17.6 Å². The van der Waals surface area contributed by atoms with Crippen molar-refractivity contribution >= 4 is 5.97 Å². The predicted octanol–water partition coefficient (Wildman–Crippen LogP) is 2.49. The van der Waals surface area contributed by atoms with Crippen LogP contribution in [0.15, 0.2) is 36.5 Å². The Morgan fingerprint density at radius 3 is 2.79 bits per heavy atom. The molecule has 2 fully saturated rings. The highest BCUT2D eigenvalue weighted by Crippen LogP contribution is 2.40. The molecule has 0 bridgehead atoms. The fourth-order valence-corrected chi connectivity index (χ4v) is 4.26. The summed E-state index contributed by atoms with van der Waals surface area (Å²) in [7, 11) is 0. The van der Waals surface area contributed by atoms with Crippen molar-refractivity contribution in [3.05, 3.63) is 42.2 Å². The molecule has 1 saturated carbocycles. The largest absolute Gasteiger partial charge is 0.480 e. The van der Waals surface area contributed by atoms with Crippen molar-refractivity contribution in [1.29, 1.82) is 0 Å². The SMILES string of the molecule is O=C(O)[C@@H]1C[C@H]2CCCC[C@@H]2N1Cc1cnn(-c2ccccc2)n1. The average Bonchev–Trinajstić information content (AvgIpc) is 3.21. The molecule has 126 valence electrons. The summed E-state index contributed by atoms with van der Waals surface area (Å²) in [4.78, 5) is 15.4. The van der Waals surface area contributed by atoms with Gasteiger partial charge in [0, 0.05) is 12.6 Å². The Bertz CT molecular complexity index is 715. The lowest BCUT2D eigenvalue weighted by molar-refractivity contribution is -0.142. The summed E-state index contributed by atoms with van der Waals surface area (Å²) in [5.74, 6) is -0.191. The number of hydrogen-bond acceptors (Lipinski definition) is 4. The van der Waals surface area contributed by atoms with Crippen molar-refractivity contribution < 1.29 is 9.90 Å². The van der Waals surface area contributed by atoms with Crippen LogP contribution in [0.4, 0.5) is 0 Å². The number of para-hydroxylation sites is 1. The fourth-order valence-electron chi connectivity index (χ4n) is 4.26. The van der Waals surface area contributed by atoms with Crippen LogP contribution >= 0.6 is 0 Å². The number of likely N-dealkylation sites (tertiary alicyclic amines) is 1. The Labute approximate surface area is 141 Å². The van der Waals surface area contributed by atoms with E-state index in [9.17, 15) is 9.90 Å². The molecule has 0 radical (unpaired) electrons. The van der Waals surface area contributed by atoms with Crippen molar-refractivity contribution in [2.24, 2.45) is 5.92 Å². The monoisotopic (exact) mass is 326 g/mol. The number of rotatable bonds is 4. The lowest BCUT2D eigenvalue weighted by atomic mass is 9.85. The van der Waals surface area contributed by atoms with Crippen molar-refractivity contribution in [3.8, 4) is 5.69 Å². The van der Waals surface area contributed by atoms with Crippen molar-refractivity contribution in [2.45, 2.75) is 50.7 Å². The van der Waals surface area contributed by atoms with Crippen molar-refractivity contribution in [2.75, 3.05) is 0 Å². The predicted molar refractivity (Wildman–Crippen MR) is 88.7 cm³/mol. The first-order valence-corrected chi connectivity index (χ1v) is 8.67. The molecule has 3 atom stereocenters. The third-order valence-corrected chi connectivity index (χ3v) is 5.38. The zero-order valence-corrected chi connectivity index (χ0v) is 13.6. The van der Waals surface area contributed by atoms with Gasteiger partial charge in [0.15, 0.2) is 0 Å². The number of benzene rings is 1. The normalized spacial score (nSPS) is 27.1. The summed E-state index contributed by atoms with van der Waals surface area (Å²) < 4.78 is 0. The molecule has 0 unspecified atom stereocenters. The zero-order chi connectivity index (χ0) is 16.5. The lowest BCUT2D eigenvalue weighted by Crippen LogP contribution is -2.41. The van der Waals surface area contributed by atoms with Crippen LogP contribution in [0.1, 0.15) is 37.8 Å². The topological polar surface area (TPSA) is 71.2 Å². The van der Waals surface area contributed by atoms with E-state index in [2.05, 4.69) is 15.1 Å². The Morgan fingerprint density at radius 2 is 2.00 bits per heavy atom. The molecule has 1 aliphatic heterocycles. The Hall–Kier alpha value is -2.21. The highest BCUT2D eigenvalue weighted by Gasteiger charge is 2.45. The van der Waals surface area contributed by atoms with E-state index in [4.69, 9.17) is 0 Å². The minimum Gasteiger partial charge on any atom is -0.480 e. The van der Waals surface area contributed by atoms with Crippen LogP contribution in [0.25, 0.3) is 5.69 Å². The summed E-state index contributed by atoms with van der Waals surface area (Å²) in [6.45, 7) is 0.560. The molecule has 0 amide bonds. The maximum absolute atomic E-state index is 11.7. The summed E-state index contributed by atoms with van der Waals surface area (Å²) >= 11 is 0. The maximum atomic E-state index is 11.7. The van der Waals surface area contributed by atoms with E-state index in [-0.39, 0.29) is 6.04 Å². The van der Waals surface area contributed by atoms with Gasteiger partial charge < -0.3 is 5.11 Å². The number of aliphatic carboxylic acids is 1. The van der Waals surface area contributed by atoms with E-state index in [1.165, 1.54) is 12.8 Å². The molecule has 0 spiro atoms. The van der Waals surface area contributed by atoms with Gasteiger partial charge in [0.2, 0.25) is 0 Å². The number of nitrogens with zero attached hydrogens (tertiary/aromatic N) is 4. The number of carboxylic acids is 1. The van der Waals surface area contributed by atoms with Gasteiger partial charge in [-0.3, -0.25) is 9.69 Å². The molecule has 2 heterocycles. The molecule has 2 aromatic rings. The lowest BCUT2D eigenvalue weighted by Gasteiger charge is -2.32. The van der Waals surface area contributed by atoms with E-state index in [0.717, 1.165) is 30.6 Å². The van der Waals surface area contributed by atoms with Crippen LogP contribution in [-0.2, 0) is 11.3 Å².